The number of hydrogen-bond donors (Lipinski definition) is 1. The van der Waals surface area contributed by atoms with Crippen LogP contribution in [0.1, 0.15) is 18.4 Å². The average molecular weight is 343 g/mol. The lowest BCUT2D eigenvalue weighted by Gasteiger charge is -2.33. The third kappa shape index (κ3) is 3.23. The van der Waals surface area contributed by atoms with Crippen molar-refractivity contribution < 1.29 is 4.74 Å². The van der Waals surface area contributed by atoms with Gasteiger partial charge in [-0.15, -0.1) is 0 Å². The highest BCUT2D eigenvalue weighted by Gasteiger charge is 2.22. The van der Waals surface area contributed by atoms with Gasteiger partial charge in [0.1, 0.15) is 11.5 Å². The van der Waals surface area contributed by atoms with Crippen LogP contribution in [0.15, 0.2) is 42.9 Å². The molecule has 3 aromatic rings. The van der Waals surface area contributed by atoms with Gasteiger partial charge in [0.05, 0.1) is 17.7 Å². The molecule has 1 N–H and O–H groups in total. The molecule has 0 spiro atoms. The second-order valence-corrected chi connectivity index (χ2v) is 6.49. The highest BCUT2D eigenvalue weighted by molar-refractivity contribution is 6.35. The molecular weight excluding hydrogens is 324 g/mol. The van der Waals surface area contributed by atoms with E-state index in [0.29, 0.717) is 6.61 Å². The normalized spacial score (nSPS) is 18.2. The predicted octanol–water partition coefficient (Wildman–Crippen LogP) is 3.80. The smallest absolute Gasteiger partial charge is 0.141 e. The van der Waals surface area contributed by atoms with E-state index in [1.807, 2.05) is 36.7 Å². The SMILES string of the molecule is Clc1cc(N2CCC[C@@H](OCc3cccnc3)C2)nc2[nH]ccc12. The monoisotopic (exact) mass is 342 g/mol. The van der Waals surface area contributed by atoms with Gasteiger partial charge in [-0.3, -0.25) is 4.98 Å². The average Bonchev–Trinajstić information content (AvgIpc) is 3.10. The Balaban J connectivity index is 1.45. The van der Waals surface area contributed by atoms with Crippen LogP contribution in [-0.4, -0.2) is 34.1 Å². The van der Waals surface area contributed by atoms with Crippen molar-refractivity contribution in [3.63, 3.8) is 0 Å². The van der Waals surface area contributed by atoms with Crippen molar-refractivity contribution in [1.29, 1.82) is 0 Å². The summed E-state index contributed by atoms with van der Waals surface area (Å²) in [4.78, 5) is 14.2. The van der Waals surface area contributed by atoms with E-state index >= 15 is 0 Å². The molecule has 0 aliphatic carbocycles. The van der Waals surface area contributed by atoms with Gasteiger partial charge in [-0.05, 0) is 30.5 Å². The van der Waals surface area contributed by atoms with E-state index in [1.165, 1.54) is 0 Å². The first-order chi connectivity index (χ1) is 11.8. The third-order valence-corrected chi connectivity index (χ3v) is 4.69. The Morgan fingerprint density at radius 2 is 2.33 bits per heavy atom. The molecule has 4 rings (SSSR count). The van der Waals surface area contributed by atoms with Crippen LogP contribution >= 0.6 is 11.6 Å². The number of ether oxygens (including phenoxy) is 1. The van der Waals surface area contributed by atoms with Gasteiger partial charge in [-0.1, -0.05) is 17.7 Å². The van der Waals surface area contributed by atoms with Crippen molar-refractivity contribution in [1.82, 2.24) is 15.0 Å². The van der Waals surface area contributed by atoms with Crippen LogP contribution in [0.25, 0.3) is 11.0 Å². The Labute approximate surface area is 145 Å². The maximum absolute atomic E-state index is 6.38. The van der Waals surface area contributed by atoms with E-state index in [1.54, 1.807) is 6.20 Å². The van der Waals surface area contributed by atoms with Crippen molar-refractivity contribution in [2.24, 2.45) is 0 Å². The molecular formula is C18H19ClN4O. The Bertz CT molecular complexity index is 820. The van der Waals surface area contributed by atoms with Gasteiger partial charge in [0.25, 0.3) is 0 Å². The molecule has 0 saturated carbocycles. The fourth-order valence-corrected chi connectivity index (χ4v) is 3.38. The maximum Gasteiger partial charge on any atom is 0.141 e. The number of nitrogens with zero attached hydrogens (tertiary/aromatic N) is 3. The summed E-state index contributed by atoms with van der Waals surface area (Å²) in [7, 11) is 0. The topological polar surface area (TPSA) is 54.0 Å². The van der Waals surface area contributed by atoms with E-state index in [2.05, 4.69) is 14.9 Å². The van der Waals surface area contributed by atoms with Crippen molar-refractivity contribution in [2.75, 3.05) is 18.0 Å². The number of nitrogens with one attached hydrogen (secondary N) is 1. The number of piperidine rings is 1. The fraction of sp³-hybridized carbons (Fsp3) is 0.333. The molecule has 0 bridgehead atoms. The second kappa shape index (κ2) is 6.79. The van der Waals surface area contributed by atoms with Crippen molar-refractivity contribution >= 4 is 28.5 Å². The first-order valence-electron chi connectivity index (χ1n) is 8.19. The number of H-pyrrole nitrogens is 1. The number of aromatic amines is 1. The quantitative estimate of drug-likeness (QED) is 0.783. The Morgan fingerprint density at radius 1 is 1.38 bits per heavy atom. The zero-order valence-corrected chi connectivity index (χ0v) is 14.0. The summed E-state index contributed by atoms with van der Waals surface area (Å²) in [5.74, 6) is 0.907. The summed E-state index contributed by atoms with van der Waals surface area (Å²) in [6.07, 6.45) is 7.83. The Kier molecular flexibility index (Phi) is 4.36. The fourth-order valence-electron chi connectivity index (χ4n) is 3.13. The summed E-state index contributed by atoms with van der Waals surface area (Å²) in [5.41, 5.74) is 1.93. The summed E-state index contributed by atoms with van der Waals surface area (Å²) in [6, 6.07) is 7.86. The van der Waals surface area contributed by atoms with Crippen LogP contribution in [0.5, 0.6) is 0 Å². The molecule has 0 aromatic carbocycles. The zero-order valence-electron chi connectivity index (χ0n) is 13.3. The molecule has 1 atom stereocenters. The van der Waals surface area contributed by atoms with Gasteiger partial charge >= 0.3 is 0 Å². The molecule has 1 saturated heterocycles. The third-order valence-electron chi connectivity index (χ3n) is 4.38. The zero-order chi connectivity index (χ0) is 16.4. The van der Waals surface area contributed by atoms with Gasteiger partial charge < -0.3 is 14.6 Å². The first-order valence-corrected chi connectivity index (χ1v) is 8.56. The van der Waals surface area contributed by atoms with Gasteiger partial charge in [-0.25, -0.2) is 4.98 Å². The summed E-state index contributed by atoms with van der Waals surface area (Å²) in [6.45, 7) is 2.40. The Morgan fingerprint density at radius 3 is 3.21 bits per heavy atom. The molecule has 0 amide bonds. The summed E-state index contributed by atoms with van der Waals surface area (Å²) < 4.78 is 6.07. The van der Waals surface area contributed by atoms with Crippen molar-refractivity contribution in [3.05, 3.63) is 53.4 Å². The number of anilines is 1. The largest absolute Gasteiger partial charge is 0.372 e. The number of rotatable bonds is 4. The minimum absolute atomic E-state index is 0.193. The molecule has 6 heteroatoms. The lowest BCUT2D eigenvalue weighted by atomic mass is 10.1. The minimum atomic E-state index is 0.193. The van der Waals surface area contributed by atoms with E-state index in [4.69, 9.17) is 21.3 Å². The lowest BCUT2D eigenvalue weighted by molar-refractivity contribution is 0.0313. The lowest BCUT2D eigenvalue weighted by Crippen LogP contribution is -2.40. The molecule has 0 radical (unpaired) electrons. The van der Waals surface area contributed by atoms with E-state index in [9.17, 15) is 0 Å². The molecule has 24 heavy (non-hydrogen) atoms. The van der Waals surface area contributed by atoms with Crippen LogP contribution in [0, 0.1) is 0 Å². The number of pyridine rings is 2. The number of aromatic nitrogens is 3. The molecule has 1 aliphatic rings. The molecule has 124 valence electrons. The Hall–Kier alpha value is -2.11. The highest BCUT2D eigenvalue weighted by atomic mass is 35.5. The molecule has 1 aliphatic heterocycles. The summed E-state index contributed by atoms with van der Waals surface area (Å²) in [5, 5.41) is 1.69. The van der Waals surface area contributed by atoms with Gasteiger partial charge in [-0.2, -0.15) is 0 Å². The van der Waals surface area contributed by atoms with E-state index in [0.717, 1.165) is 53.4 Å². The van der Waals surface area contributed by atoms with Crippen LogP contribution in [0.3, 0.4) is 0 Å². The second-order valence-electron chi connectivity index (χ2n) is 6.08. The van der Waals surface area contributed by atoms with Crippen LogP contribution in [0.4, 0.5) is 5.82 Å². The van der Waals surface area contributed by atoms with Gasteiger partial charge in [0.2, 0.25) is 0 Å². The van der Waals surface area contributed by atoms with Crippen molar-refractivity contribution in [2.45, 2.75) is 25.6 Å². The van der Waals surface area contributed by atoms with Crippen molar-refractivity contribution in [3.8, 4) is 0 Å². The number of hydrogen-bond acceptors (Lipinski definition) is 4. The molecule has 5 nitrogen and oxygen atoms in total. The van der Waals surface area contributed by atoms with E-state index in [-0.39, 0.29) is 6.10 Å². The number of fused-ring (bicyclic) bond motifs is 1. The molecule has 4 heterocycles. The molecule has 0 unspecified atom stereocenters. The highest BCUT2D eigenvalue weighted by Crippen LogP contribution is 2.28. The van der Waals surface area contributed by atoms with Crippen LogP contribution < -0.4 is 4.90 Å². The summed E-state index contributed by atoms with van der Waals surface area (Å²) >= 11 is 6.38. The maximum atomic E-state index is 6.38. The first kappa shape index (κ1) is 15.4. The molecule has 1 fully saturated rings. The van der Waals surface area contributed by atoms with Gasteiger partial charge in [0.15, 0.2) is 0 Å². The van der Waals surface area contributed by atoms with Crippen LogP contribution in [-0.2, 0) is 11.3 Å². The minimum Gasteiger partial charge on any atom is -0.372 e. The van der Waals surface area contributed by atoms with E-state index < -0.39 is 0 Å². The standard InChI is InChI=1S/C18H19ClN4O/c19-16-9-17(22-18-15(16)5-7-21-18)23-8-2-4-14(11-23)24-12-13-3-1-6-20-10-13/h1,3,5-7,9-10,14H,2,4,8,11-12H2,(H,21,22)/t14-/m1/s1. The number of halogens is 1. The predicted molar refractivity (Wildman–Crippen MR) is 95.4 cm³/mol. The van der Waals surface area contributed by atoms with Gasteiger partial charge in [0, 0.05) is 43.1 Å². The molecule has 3 aromatic heterocycles. The van der Waals surface area contributed by atoms with Crippen LogP contribution in [0.2, 0.25) is 5.02 Å².